The molecule has 0 radical (unpaired) electrons. The van der Waals surface area contributed by atoms with E-state index in [0.717, 1.165) is 5.56 Å². The van der Waals surface area contributed by atoms with Gasteiger partial charge in [-0.2, -0.15) is 11.8 Å². The summed E-state index contributed by atoms with van der Waals surface area (Å²) in [5, 5.41) is 6.27. The molecule has 0 aliphatic carbocycles. The third-order valence-electron chi connectivity index (χ3n) is 4.21. The summed E-state index contributed by atoms with van der Waals surface area (Å²) in [5.41, 5.74) is 1.07. The SMILES string of the molecule is COCCOc1ccc(CNC(=O)C(CCSC)NC(=O)c2ccc(Cl)cc2Cl)cn1. The van der Waals surface area contributed by atoms with Gasteiger partial charge in [0, 0.05) is 30.9 Å². The first-order valence-corrected chi connectivity index (χ1v) is 11.7. The van der Waals surface area contributed by atoms with E-state index in [2.05, 4.69) is 15.6 Å². The van der Waals surface area contributed by atoms with Crippen molar-refractivity contribution < 1.29 is 19.1 Å². The molecule has 2 rings (SSSR count). The smallest absolute Gasteiger partial charge is 0.253 e. The zero-order valence-corrected chi connectivity index (χ0v) is 19.6. The lowest BCUT2D eigenvalue weighted by Crippen LogP contribution is -2.47. The van der Waals surface area contributed by atoms with E-state index in [0.29, 0.717) is 36.3 Å². The van der Waals surface area contributed by atoms with Crippen molar-refractivity contribution in [3.8, 4) is 5.88 Å². The van der Waals surface area contributed by atoms with Crippen LogP contribution in [-0.4, -0.2) is 55.2 Å². The van der Waals surface area contributed by atoms with Gasteiger partial charge in [0.15, 0.2) is 0 Å². The van der Waals surface area contributed by atoms with Gasteiger partial charge in [0.2, 0.25) is 11.8 Å². The fourth-order valence-corrected chi connectivity index (χ4v) is 3.52. The number of carbonyl (C=O) groups is 2. The highest BCUT2D eigenvalue weighted by Crippen LogP contribution is 2.21. The van der Waals surface area contributed by atoms with Crippen molar-refractivity contribution in [3.63, 3.8) is 0 Å². The molecule has 168 valence electrons. The summed E-state index contributed by atoms with van der Waals surface area (Å²) >= 11 is 13.6. The molecule has 2 N–H and O–H groups in total. The van der Waals surface area contributed by atoms with Gasteiger partial charge >= 0.3 is 0 Å². The topological polar surface area (TPSA) is 89.5 Å². The third kappa shape index (κ3) is 8.57. The number of pyridine rings is 1. The third-order valence-corrected chi connectivity index (χ3v) is 5.40. The maximum Gasteiger partial charge on any atom is 0.253 e. The van der Waals surface area contributed by atoms with Gasteiger partial charge in [-0.25, -0.2) is 4.98 Å². The molecule has 1 heterocycles. The Labute approximate surface area is 196 Å². The molecular weight excluding hydrogens is 461 g/mol. The molecular formula is C21H25Cl2N3O4S. The number of ether oxygens (including phenoxy) is 2. The molecule has 0 aliphatic heterocycles. The Kier molecular flexibility index (Phi) is 10.9. The van der Waals surface area contributed by atoms with Crippen molar-refractivity contribution >= 4 is 46.8 Å². The molecule has 7 nitrogen and oxygen atoms in total. The van der Waals surface area contributed by atoms with Crippen molar-refractivity contribution in [2.45, 2.75) is 19.0 Å². The van der Waals surface area contributed by atoms with Crippen LogP contribution in [-0.2, 0) is 16.1 Å². The zero-order chi connectivity index (χ0) is 22.6. The molecule has 0 spiro atoms. The number of amides is 2. The first-order chi connectivity index (χ1) is 14.9. The van der Waals surface area contributed by atoms with Crippen LogP contribution in [0.25, 0.3) is 0 Å². The van der Waals surface area contributed by atoms with Crippen molar-refractivity contribution in [2.24, 2.45) is 0 Å². The van der Waals surface area contributed by atoms with Crippen LogP contribution in [0.15, 0.2) is 36.5 Å². The number of benzene rings is 1. The normalized spacial score (nSPS) is 11.6. The second-order valence-electron chi connectivity index (χ2n) is 6.50. The summed E-state index contributed by atoms with van der Waals surface area (Å²) in [6, 6.07) is 7.45. The van der Waals surface area contributed by atoms with Crippen LogP contribution in [0.3, 0.4) is 0 Å². The van der Waals surface area contributed by atoms with E-state index in [9.17, 15) is 9.59 Å². The predicted molar refractivity (Wildman–Crippen MR) is 124 cm³/mol. The fourth-order valence-electron chi connectivity index (χ4n) is 2.56. The first-order valence-electron chi connectivity index (χ1n) is 9.53. The van der Waals surface area contributed by atoms with E-state index >= 15 is 0 Å². The molecule has 2 aromatic rings. The minimum atomic E-state index is -0.698. The van der Waals surface area contributed by atoms with Gasteiger partial charge in [-0.05, 0) is 42.2 Å². The molecule has 0 bridgehead atoms. The maximum absolute atomic E-state index is 12.7. The lowest BCUT2D eigenvalue weighted by molar-refractivity contribution is -0.123. The van der Waals surface area contributed by atoms with Gasteiger partial charge in [-0.15, -0.1) is 0 Å². The van der Waals surface area contributed by atoms with Crippen LogP contribution in [0.4, 0.5) is 0 Å². The van der Waals surface area contributed by atoms with Gasteiger partial charge in [0.1, 0.15) is 12.6 Å². The molecule has 0 saturated carbocycles. The molecule has 2 amide bonds. The Balaban J connectivity index is 1.95. The highest BCUT2D eigenvalue weighted by atomic mass is 35.5. The average Bonchev–Trinajstić information content (AvgIpc) is 2.75. The van der Waals surface area contributed by atoms with Crippen LogP contribution in [0.1, 0.15) is 22.3 Å². The molecule has 0 aliphatic rings. The Morgan fingerprint density at radius 1 is 1.19 bits per heavy atom. The summed E-state index contributed by atoms with van der Waals surface area (Å²) in [6.07, 6.45) is 4.05. The second-order valence-corrected chi connectivity index (χ2v) is 8.32. The quantitative estimate of drug-likeness (QED) is 0.446. The van der Waals surface area contributed by atoms with Crippen molar-refractivity contribution in [3.05, 3.63) is 57.7 Å². The van der Waals surface area contributed by atoms with E-state index < -0.39 is 11.9 Å². The van der Waals surface area contributed by atoms with Gasteiger partial charge in [-0.3, -0.25) is 9.59 Å². The molecule has 1 atom stereocenters. The number of nitrogens with one attached hydrogen (secondary N) is 2. The fraction of sp³-hybridized carbons (Fsp3) is 0.381. The molecule has 1 aromatic heterocycles. The summed E-state index contributed by atoms with van der Waals surface area (Å²) in [7, 11) is 1.60. The highest BCUT2D eigenvalue weighted by molar-refractivity contribution is 7.98. The first kappa shape index (κ1) is 25.3. The number of thioether (sulfide) groups is 1. The number of carbonyl (C=O) groups excluding carboxylic acids is 2. The van der Waals surface area contributed by atoms with Crippen molar-refractivity contribution in [2.75, 3.05) is 32.3 Å². The van der Waals surface area contributed by atoms with E-state index in [-0.39, 0.29) is 23.0 Å². The minimum absolute atomic E-state index is 0.230. The summed E-state index contributed by atoms with van der Waals surface area (Å²) in [6.45, 7) is 1.16. The Hall–Kier alpha value is -2.00. The van der Waals surface area contributed by atoms with Crippen molar-refractivity contribution in [1.82, 2.24) is 15.6 Å². The van der Waals surface area contributed by atoms with Crippen LogP contribution in [0.5, 0.6) is 5.88 Å². The molecule has 31 heavy (non-hydrogen) atoms. The van der Waals surface area contributed by atoms with Gasteiger partial charge < -0.3 is 20.1 Å². The number of hydrogen-bond acceptors (Lipinski definition) is 6. The second kappa shape index (κ2) is 13.4. The van der Waals surface area contributed by atoms with Crippen molar-refractivity contribution in [1.29, 1.82) is 0 Å². The largest absolute Gasteiger partial charge is 0.475 e. The van der Waals surface area contributed by atoms with Gasteiger partial charge in [-0.1, -0.05) is 29.3 Å². The van der Waals surface area contributed by atoms with Gasteiger partial charge in [0.25, 0.3) is 5.91 Å². The monoisotopic (exact) mass is 485 g/mol. The Morgan fingerprint density at radius 3 is 2.65 bits per heavy atom. The van der Waals surface area contributed by atoms with E-state index in [1.807, 2.05) is 12.3 Å². The van der Waals surface area contributed by atoms with Gasteiger partial charge in [0.05, 0.1) is 17.2 Å². The summed E-state index contributed by atoms with van der Waals surface area (Å²) in [5.74, 6) is 0.481. The Bertz CT molecular complexity index is 868. The summed E-state index contributed by atoms with van der Waals surface area (Å²) in [4.78, 5) is 29.5. The standard InChI is InChI=1S/C21H25Cl2N3O4S/c1-29-8-9-30-19-6-3-14(12-24-19)13-25-21(28)18(7-10-31-2)26-20(27)16-5-4-15(22)11-17(16)23/h3-6,11-12,18H,7-10,13H2,1-2H3,(H,25,28)(H,26,27). The van der Waals surface area contributed by atoms with E-state index in [4.69, 9.17) is 32.7 Å². The number of methoxy groups -OCH3 is 1. The zero-order valence-electron chi connectivity index (χ0n) is 17.3. The van der Waals surface area contributed by atoms with Crippen LogP contribution >= 0.6 is 35.0 Å². The van der Waals surface area contributed by atoms with E-state index in [1.165, 1.54) is 12.1 Å². The molecule has 0 fully saturated rings. The maximum atomic E-state index is 12.7. The molecule has 0 saturated heterocycles. The Morgan fingerprint density at radius 2 is 2.00 bits per heavy atom. The summed E-state index contributed by atoms with van der Waals surface area (Å²) < 4.78 is 10.3. The van der Waals surface area contributed by atoms with Crippen LogP contribution in [0, 0.1) is 0 Å². The number of halogens is 2. The highest BCUT2D eigenvalue weighted by Gasteiger charge is 2.22. The lowest BCUT2D eigenvalue weighted by Gasteiger charge is -2.18. The molecule has 1 unspecified atom stereocenters. The average molecular weight is 486 g/mol. The number of nitrogens with zero attached hydrogens (tertiary/aromatic N) is 1. The number of aromatic nitrogens is 1. The lowest BCUT2D eigenvalue weighted by atomic mass is 10.1. The predicted octanol–water partition coefficient (Wildman–Crippen LogP) is 3.58. The van der Waals surface area contributed by atoms with Crippen LogP contribution in [0.2, 0.25) is 10.0 Å². The minimum Gasteiger partial charge on any atom is -0.475 e. The molecule has 1 aromatic carbocycles. The number of rotatable bonds is 12. The number of hydrogen-bond donors (Lipinski definition) is 2. The van der Waals surface area contributed by atoms with E-state index in [1.54, 1.807) is 37.2 Å². The van der Waals surface area contributed by atoms with Crippen LogP contribution < -0.4 is 15.4 Å². The molecule has 10 heteroatoms.